The second-order valence-corrected chi connectivity index (χ2v) is 7.58. The number of ether oxygens (including phenoxy) is 2. The number of nitrogens with zero attached hydrogens (tertiary/aromatic N) is 3. The maximum Gasteiger partial charge on any atom is 0.208 e. The minimum absolute atomic E-state index is 0.113. The van der Waals surface area contributed by atoms with Crippen LogP contribution in [0.4, 0.5) is 0 Å². The first-order valence-corrected chi connectivity index (χ1v) is 9.85. The van der Waals surface area contributed by atoms with Gasteiger partial charge in [-0.3, -0.25) is 0 Å². The quantitative estimate of drug-likeness (QED) is 0.354. The molecule has 26 heavy (non-hydrogen) atoms. The Bertz CT molecular complexity index is 832. The Hall–Kier alpha value is -2.17. The molecule has 0 fully saturated rings. The van der Waals surface area contributed by atoms with Crippen molar-refractivity contribution in [3.8, 4) is 17.7 Å². The molecular weight excluding hydrogens is 350 g/mol. The van der Waals surface area contributed by atoms with Gasteiger partial charge >= 0.3 is 0 Å². The Morgan fingerprint density at radius 3 is 3.12 bits per heavy atom. The van der Waals surface area contributed by atoms with Gasteiger partial charge in [-0.05, 0) is 24.3 Å². The molecule has 2 aliphatic heterocycles. The van der Waals surface area contributed by atoms with E-state index in [0.717, 1.165) is 40.8 Å². The molecule has 1 N–H and O–H groups in total. The van der Waals surface area contributed by atoms with Crippen LogP contribution in [-0.2, 0) is 12.0 Å². The molecule has 1 aromatic carbocycles. The van der Waals surface area contributed by atoms with E-state index in [-0.39, 0.29) is 11.5 Å². The van der Waals surface area contributed by atoms with Crippen molar-refractivity contribution in [2.45, 2.75) is 37.0 Å². The van der Waals surface area contributed by atoms with Gasteiger partial charge in [-0.15, -0.1) is 4.99 Å². The topological polar surface area (TPSA) is 78.1 Å². The summed E-state index contributed by atoms with van der Waals surface area (Å²) >= 11 is 1.48. The second-order valence-electron chi connectivity index (χ2n) is 6.81. The molecule has 3 atom stereocenters. The average molecular weight is 371 g/mol. The third-order valence-corrected chi connectivity index (χ3v) is 6.27. The third kappa shape index (κ3) is 2.48. The Morgan fingerprint density at radius 2 is 2.38 bits per heavy atom. The van der Waals surface area contributed by atoms with Gasteiger partial charge in [-0.25, -0.2) is 0 Å². The molecule has 1 aromatic rings. The van der Waals surface area contributed by atoms with E-state index in [1.165, 1.54) is 11.8 Å². The van der Waals surface area contributed by atoms with E-state index in [1.54, 1.807) is 7.11 Å². The zero-order valence-corrected chi connectivity index (χ0v) is 15.6. The van der Waals surface area contributed by atoms with Crippen molar-refractivity contribution in [1.29, 1.82) is 5.26 Å². The predicted octanol–water partition coefficient (Wildman–Crippen LogP) is 2.42. The highest BCUT2D eigenvalue weighted by atomic mass is 32.2. The molecule has 0 radical (unpaired) electrons. The number of aliphatic hydroxyl groups is 1. The molecule has 2 heterocycles. The van der Waals surface area contributed by atoms with Crippen molar-refractivity contribution < 1.29 is 14.6 Å². The van der Waals surface area contributed by atoms with Crippen LogP contribution in [0.5, 0.6) is 11.5 Å². The molecule has 0 aromatic heterocycles. The third-order valence-electron chi connectivity index (χ3n) is 5.55. The van der Waals surface area contributed by atoms with Crippen LogP contribution in [0.25, 0.3) is 0 Å². The lowest BCUT2D eigenvalue weighted by Gasteiger charge is -2.36. The number of amidine groups is 1. The van der Waals surface area contributed by atoms with Crippen LogP contribution >= 0.6 is 11.8 Å². The number of aliphatic hydroxyl groups excluding tert-OH is 1. The summed E-state index contributed by atoms with van der Waals surface area (Å²) in [5.74, 6) is 1.52. The molecule has 6 nitrogen and oxygen atoms in total. The predicted molar refractivity (Wildman–Crippen MR) is 100 cm³/mol. The molecule has 0 saturated heterocycles. The fourth-order valence-corrected chi connectivity index (χ4v) is 4.93. The van der Waals surface area contributed by atoms with Crippen LogP contribution in [0.15, 0.2) is 29.3 Å². The van der Waals surface area contributed by atoms with Gasteiger partial charge in [0.1, 0.15) is 6.10 Å². The number of hydrogen-bond donors (Lipinski definition) is 1. The zero-order valence-electron chi connectivity index (χ0n) is 14.8. The standard InChI is InChI=1S/C19H21N3O3S/c1-24-14-4-3-12-10-22(18(26-2)21-11-20)8-7-19-6-5-13(23)9-15(19)25-17(14)16(12)19/h3-6,13,15,23H,7-10H2,1-2H3/t13-,15-,19?/m1/s1. The molecular formula is C19H21N3O3S. The van der Waals surface area contributed by atoms with Crippen molar-refractivity contribution >= 4 is 16.9 Å². The Labute approximate surface area is 157 Å². The van der Waals surface area contributed by atoms with E-state index in [1.807, 2.05) is 24.6 Å². The van der Waals surface area contributed by atoms with Crippen LogP contribution in [0, 0.1) is 11.5 Å². The highest BCUT2D eigenvalue weighted by molar-refractivity contribution is 8.13. The summed E-state index contributed by atoms with van der Waals surface area (Å²) in [4.78, 5) is 6.14. The summed E-state index contributed by atoms with van der Waals surface area (Å²) < 4.78 is 11.8. The maximum atomic E-state index is 10.1. The molecule has 3 aliphatic rings. The summed E-state index contributed by atoms with van der Waals surface area (Å²) in [6, 6.07) is 4.01. The van der Waals surface area contributed by atoms with E-state index < -0.39 is 6.10 Å². The molecule has 0 amide bonds. The minimum atomic E-state index is -0.490. The normalized spacial score (nSPS) is 29.3. The fourth-order valence-electron chi connectivity index (χ4n) is 4.39. The van der Waals surface area contributed by atoms with E-state index in [0.29, 0.717) is 13.0 Å². The molecule has 136 valence electrons. The number of nitriles is 1. The van der Waals surface area contributed by atoms with Crippen molar-refractivity contribution in [1.82, 2.24) is 4.90 Å². The van der Waals surface area contributed by atoms with Crippen molar-refractivity contribution in [2.75, 3.05) is 19.9 Å². The zero-order chi connectivity index (χ0) is 18.3. The minimum Gasteiger partial charge on any atom is -0.493 e. The summed E-state index contributed by atoms with van der Waals surface area (Å²) in [6.07, 6.45) is 8.64. The Balaban J connectivity index is 1.86. The average Bonchev–Trinajstić information content (AvgIpc) is 2.88. The van der Waals surface area contributed by atoms with Crippen LogP contribution < -0.4 is 9.47 Å². The summed E-state index contributed by atoms with van der Waals surface area (Å²) in [5.41, 5.74) is 2.04. The number of benzene rings is 1. The first-order chi connectivity index (χ1) is 12.6. The van der Waals surface area contributed by atoms with Crippen molar-refractivity contribution in [3.63, 3.8) is 0 Å². The molecule has 0 bridgehead atoms. The summed E-state index contributed by atoms with van der Waals surface area (Å²) in [5, 5.41) is 19.8. The summed E-state index contributed by atoms with van der Waals surface area (Å²) in [6.45, 7) is 1.43. The summed E-state index contributed by atoms with van der Waals surface area (Å²) in [7, 11) is 1.65. The van der Waals surface area contributed by atoms with E-state index >= 15 is 0 Å². The highest BCUT2D eigenvalue weighted by Gasteiger charge is 2.53. The number of aliphatic imine (C=N–C) groups is 1. The molecule has 0 saturated carbocycles. The van der Waals surface area contributed by atoms with Gasteiger partial charge < -0.3 is 19.5 Å². The molecule has 1 spiro atoms. The van der Waals surface area contributed by atoms with Crippen molar-refractivity contribution in [3.05, 3.63) is 35.4 Å². The Kier molecular flexibility index (Phi) is 4.33. The van der Waals surface area contributed by atoms with Crippen LogP contribution in [0.1, 0.15) is 24.0 Å². The lowest BCUT2D eigenvalue weighted by Crippen LogP contribution is -2.43. The number of rotatable bonds is 1. The first-order valence-electron chi connectivity index (χ1n) is 8.63. The number of hydrogen-bond acceptors (Lipinski definition) is 6. The van der Waals surface area contributed by atoms with Gasteiger partial charge in [-0.1, -0.05) is 30.0 Å². The van der Waals surface area contributed by atoms with Crippen LogP contribution in [0.2, 0.25) is 0 Å². The van der Waals surface area contributed by atoms with Crippen LogP contribution in [0.3, 0.4) is 0 Å². The first kappa shape index (κ1) is 17.3. The van der Waals surface area contributed by atoms with Crippen LogP contribution in [-0.4, -0.2) is 47.3 Å². The monoisotopic (exact) mass is 371 g/mol. The second kappa shape index (κ2) is 6.53. The van der Waals surface area contributed by atoms with E-state index in [2.05, 4.69) is 22.0 Å². The smallest absolute Gasteiger partial charge is 0.208 e. The van der Waals surface area contributed by atoms with Crippen molar-refractivity contribution in [2.24, 2.45) is 4.99 Å². The van der Waals surface area contributed by atoms with Gasteiger partial charge in [0.15, 0.2) is 16.7 Å². The fraction of sp³-hybridized carbons (Fsp3) is 0.474. The molecule has 4 rings (SSSR count). The lowest BCUT2D eigenvalue weighted by atomic mass is 9.69. The Morgan fingerprint density at radius 1 is 1.54 bits per heavy atom. The van der Waals surface area contributed by atoms with Gasteiger partial charge in [-0.2, -0.15) is 5.26 Å². The van der Waals surface area contributed by atoms with E-state index in [4.69, 9.17) is 14.7 Å². The highest BCUT2D eigenvalue weighted by Crippen LogP contribution is 2.55. The lowest BCUT2D eigenvalue weighted by molar-refractivity contribution is 0.0834. The maximum absolute atomic E-state index is 10.1. The molecule has 1 aliphatic carbocycles. The number of methoxy groups -OCH3 is 1. The molecule has 7 heteroatoms. The SMILES string of the molecule is COc1ccc2c3c1O[C@@H]1C[C@H](O)C=CC31CCN(C(=NC#N)SC)C2. The van der Waals surface area contributed by atoms with Gasteiger partial charge in [0, 0.05) is 25.1 Å². The largest absolute Gasteiger partial charge is 0.493 e. The molecule has 1 unspecified atom stereocenters. The number of thioether (sulfide) groups is 1. The van der Waals surface area contributed by atoms with Gasteiger partial charge in [0.05, 0.1) is 18.6 Å². The van der Waals surface area contributed by atoms with Gasteiger partial charge in [0.2, 0.25) is 6.19 Å². The van der Waals surface area contributed by atoms with E-state index in [9.17, 15) is 5.11 Å². The van der Waals surface area contributed by atoms with Gasteiger partial charge in [0.25, 0.3) is 0 Å².